The minimum Gasteiger partial charge on any atom is -0.321 e. The van der Waals surface area contributed by atoms with Crippen molar-refractivity contribution in [2.45, 2.75) is 47.6 Å². The Bertz CT molecular complexity index is 1090. The van der Waals surface area contributed by atoms with E-state index in [0.29, 0.717) is 0 Å². The van der Waals surface area contributed by atoms with Crippen LogP contribution in [0.2, 0.25) is 0 Å². The molecule has 0 aliphatic rings. The number of hydrogen-bond acceptors (Lipinski definition) is 2. The zero-order valence-electron chi connectivity index (χ0n) is 16.7. The SMILES string of the molecule is CCc1nc2c(c(C)nn2-c2c(C)cc(C)cc2C)n1Cc1ccccc1. The highest BCUT2D eigenvalue weighted by Crippen LogP contribution is 2.28. The van der Waals surface area contributed by atoms with Crippen molar-refractivity contribution in [3.05, 3.63) is 76.2 Å². The van der Waals surface area contributed by atoms with Crippen molar-refractivity contribution in [2.75, 3.05) is 0 Å². The Morgan fingerprint density at radius 3 is 2.22 bits per heavy atom. The molecule has 0 fully saturated rings. The molecule has 0 saturated heterocycles. The van der Waals surface area contributed by atoms with Gasteiger partial charge in [0, 0.05) is 13.0 Å². The lowest BCUT2D eigenvalue weighted by molar-refractivity contribution is 0.744. The fraction of sp³-hybridized carbons (Fsp3) is 0.304. The first-order valence-corrected chi connectivity index (χ1v) is 9.56. The van der Waals surface area contributed by atoms with Gasteiger partial charge in [-0.25, -0.2) is 9.67 Å². The molecule has 0 saturated carbocycles. The minimum atomic E-state index is 0.818. The summed E-state index contributed by atoms with van der Waals surface area (Å²) in [5.74, 6) is 1.10. The first-order valence-electron chi connectivity index (χ1n) is 9.56. The quantitative estimate of drug-likeness (QED) is 0.511. The second-order valence-electron chi connectivity index (χ2n) is 7.37. The van der Waals surface area contributed by atoms with E-state index in [1.165, 1.54) is 22.3 Å². The van der Waals surface area contributed by atoms with Crippen molar-refractivity contribution in [3.8, 4) is 5.69 Å². The van der Waals surface area contributed by atoms with Crippen LogP contribution in [0.15, 0.2) is 42.5 Å². The van der Waals surface area contributed by atoms with E-state index < -0.39 is 0 Å². The molecule has 138 valence electrons. The fourth-order valence-electron chi connectivity index (χ4n) is 4.10. The first-order chi connectivity index (χ1) is 13.0. The van der Waals surface area contributed by atoms with Crippen molar-refractivity contribution >= 4 is 11.2 Å². The van der Waals surface area contributed by atoms with Crippen LogP contribution in [0.25, 0.3) is 16.9 Å². The van der Waals surface area contributed by atoms with Crippen LogP contribution in [0.3, 0.4) is 0 Å². The largest absolute Gasteiger partial charge is 0.321 e. The molecule has 0 amide bonds. The summed E-state index contributed by atoms with van der Waals surface area (Å²) in [4.78, 5) is 4.99. The van der Waals surface area contributed by atoms with Crippen LogP contribution < -0.4 is 0 Å². The number of aryl methyl sites for hydroxylation is 5. The van der Waals surface area contributed by atoms with Gasteiger partial charge in [0.2, 0.25) is 0 Å². The van der Waals surface area contributed by atoms with E-state index >= 15 is 0 Å². The lowest BCUT2D eigenvalue weighted by atomic mass is 10.1. The maximum absolute atomic E-state index is 4.99. The summed E-state index contributed by atoms with van der Waals surface area (Å²) >= 11 is 0. The maximum Gasteiger partial charge on any atom is 0.181 e. The van der Waals surface area contributed by atoms with Gasteiger partial charge in [-0.3, -0.25) is 0 Å². The zero-order valence-corrected chi connectivity index (χ0v) is 16.7. The molecule has 4 rings (SSSR count). The van der Waals surface area contributed by atoms with E-state index in [9.17, 15) is 0 Å². The number of nitrogens with zero attached hydrogens (tertiary/aromatic N) is 4. The zero-order chi connectivity index (χ0) is 19.1. The van der Waals surface area contributed by atoms with E-state index in [1.807, 2.05) is 4.68 Å². The van der Waals surface area contributed by atoms with Crippen LogP contribution in [-0.2, 0) is 13.0 Å². The van der Waals surface area contributed by atoms with Crippen molar-refractivity contribution in [2.24, 2.45) is 0 Å². The van der Waals surface area contributed by atoms with Crippen LogP contribution in [0.5, 0.6) is 0 Å². The van der Waals surface area contributed by atoms with Gasteiger partial charge < -0.3 is 4.57 Å². The molecule has 4 nitrogen and oxygen atoms in total. The Morgan fingerprint density at radius 2 is 1.59 bits per heavy atom. The smallest absolute Gasteiger partial charge is 0.181 e. The highest BCUT2D eigenvalue weighted by molar-refractivity contribution is 5.78. The van der Waals surface area contributed by atoms with Crippen molar-refractivity contribution in [3.63, 3.8) is 0 Å². The predicted octanol–water partition coefficient (Wildman–Crippen LogP) is 5.07. The molecule has 2 heterocycles. The Kier molecular flexibility index (Phi) is 4.34. The molecule has 0 aliphatic carbocycles. The predicted molar refractivity (Wildman–Crippen MR) is 111 cm³/mol. The summed E-state index contributed by atoms with van der Waals surface area (Å²) in [6.45, 7) is 11.5. The molecule has 27 heavy (non-hydrogen) atoms. The van der Waals surface area contributed by atoms with Crippen LogP contribution in [0, 0.1) is 27.7 Å². The molecule has 2 aromatic heterocycles. The molecular weight excluding hydrogens is 332 g/mol. The van der Waals surface area contributed by atoms with Gasteiger partial charge in [0.25, 0.3) is 0 Å². The molecule has 2 aromatic carbocycles. The summed E-state index contributed by atoms with van der Waals surface area (Å²) in [5.41, 5.74) is 9.27. The van der Waals surface area contributed by atoms with Crippen LogP contribution >= 0.6 is 0 Å². The summed E-state index contributed by atoms with van der Waals surface area (Å²) in [6, 6.07) is 15.0. The molecule has 0 spiro atoms. The highest BCUT2D eigenvalue weighted by atomic mass is 15.3. The second-order valence-corrected chi connectivity index (χ2v) is 7.37. The fourth-order valence-corrected chi connectivity index (χ4v) is 4.10. The maximum atomic E-state index is 4.99. The Balaban J connectivity index is 1.94. The van der Waals surface area contributed by atoms with Gasteiger partial charge in [-0.15, -0.1) is 0 Å². The summed E-state index contributed by atoms with van der Waals surface area (Å²) in [5, 5.41) is 4.88. The average molecular weight is 358 g/mol. The Labute approximate surface area is 160 Å². The van der Waals surface area contributed by atoms with Crippen LogP contribution in [-0.4, -0.2) is 19.3 Å². The molecule has 4 heteroatoms. The Hall–Kier alpha value is -2.88. The third-order valence-electron chi connectivity index (χ3n) is 5.17. The third kappa shape index (κ3) is 2.95. The van der Waals surface area contributed by atoms with Gasteiger partial charge in [-0.05, 0) is 44.4 Å². The molecule has 4 aromatic rings. The monoisotopic (exact) mass is 358 g/mol. The number of aromatic nitrogens is 4. The topological polar surface area (TPSA) is 35.6 Å². The van der Waals surface area contributed by atoms with Crippen LogP contribution in [0.1, 0.15) is 40.7 Å². The van der Waals surface area contributed by atoms with Crippen molar-refractivity contribution in [1.29, 1.82) is 0 Å². The lowest BCUT2D eigenvalue weighted by Crippen LogP contribution is -2.06. The van der Waals surface area contributed by atoms with E-state index in [0.717, 1.165) is 41.3 Å². The van der Waals surface area contributed by atoms with E-state index in [4.69, 9.17) is 10.1 Å². The summed E-state index contributed by atoms with van der Waals surface area (Å²) in [7, 11) is 0. The van der Waals surface area contributed by atoms with E-state index in [-0.39, 0.29) is 0 Å². The highest BCUT2D eigenvalue weighted by Gasteiger charge is 2.20. The molecule has 0 radical (unpaired) electrons. The molecule has 0 atom stereocenters. The lowest BCUT2D eigenvalue weighted by Gasteiger charge is -2.11. The Morgan fingerprint density at radius 1 is 0.926 bits per heavy atom. The van der Waals surface area contributed by atoms with E-state index in [1.54, 1.807) is 0 Å². The van der Waals surface area contributed by atoms with Gasteiger partial charge in [0.05, 0.1) is 11.4 Å². The summed E-state index contributed by atoms with van der Waals surface area (Å²) in [6.07, 6.45) is 0.896. The molecule has 0 bridgehead atoms. The first kappa shape index (κ1) is 17.5. The van der Waals surface area contributed by atoms with Gasteiger partial charge in [0.1, 0.15) is 11.3 Å². The summed E-state index contributed by atoms with van der Waals surface area (Å²) < 4.78 is 4.36. The van der Waals surface area contributed by atoms with Gasteiger partial charge in [-0.1, -0.05) is 55.0 Å². The standard InChI is InChI=1S/C23H26N4/c1-6-20-24-23-22(26(20)14-19-10-8-7-9-11-19)18(5)25-27(23)21-16(3)12-15(2)13-17(21)4/h7-13H,6,14H2,1-5H3. The van der Waals surface area contributed by atoms with Crippen molar-refractivity contribution < 1.29 is 0 Å². The normalized spacial score (nSPS) is 11.4. The molecule has 0 N–H and O–H groups in total. The van der Waals surface area contributed by atoms with Gasteiger partial charge >= 0.3 is 0 Å². The molecule has 0 aliphatic heterocycles. The number of benzene rings is 2. The number of fused-ring (bicyclic) bond motifs is 1. The van der Waals surface area contributed by atoms with E-state index in [2.05, 4.69) is 81.7 Å². The van der Waals surface area contributed by atoms with Gasteiger partial charge in [0.15, 0.2) is 5.65 Å². The molecular formula is C23H26N4. The second kappa shape index (κ2) is 6.69. The number of hydrogen-bond donors (Lipinski definition) is 0. The minimum absolute atomic E-state index is 0.818. The van der Waals surface area contributed by atoms with Crippen LogP contribution in [0.4, 0.5) is 0 Å². The van der Waals surface area contributed by atoms with Gasteiger partial charge in [-0.2, -0.15) is 5.10 Å². The van der Waals surface area contributed by atoms with Crippen molar-refractivity contribution in [1.82, 2.24) is 19.3 Å². The average Bonchev–Trinajstić information content (AvgIpc) is 3.13. The number of rotatable bonds is 4. The molecule has 0 unspecified atom stereocenters. The third-order valence-corrected chi connectivity index (χ3v) is 5.17. The number of imidazole rings is 1.